The number of aliphatic hydroxyl groups is 2. The Morgan fingerprint density at radius 2 is 1.38 bits per heavy atom. The highest BCUT2D eigenvalue weighted by Gasteiger charge is 2.45. The number of anilines is 2. The number of piperidine rings is 1. The number of nitrogens with zero attached hydrogens (tertiary/aromatic N) is 2. The molecule has 3 heterocycles. The van der Waals surface area contributed by atoms with Gasteiger partial charge in [0.2, 0.25) is 11.8 Å². The average molecular weight is 1050 g/mol. The summed E-state index contributed by atoms with van der Waals surface area (Å²) in [7, 11) is 0. The average Bonchev–Trinajstić information content (AvgIpc) is 3.91. The minimum atomic E-state index is -1.23. The molecule has 1 fully saturated rings. The molecule has 3 atom stereocenters. The molecule has 76 heavy (non-hydrogen) atoms. The van der Waals surface area contributed by atoms with Crippen LogP contribution in [0.25, 0.3) is 22.4 Å². The molecule has 2 aliphatic heterocycles. The summed E-state index contributed by atoms with van der Waals surface area (Å²) in [6.07, 6.45) is -2.66. The van der Waals surface area contributed by atoms with Crippen molar-refractivity contribution in [1.82, 2.24) is 14.8 Å². The van der Waals surface area contributed by atoms with Crippen LogP contribution in [-0.2, 0) is 39.9 Å². The molecule has 3 unspecified atom stereocenters. The van der Waals surface area contributed by atoms with E-state index in [-0.39, 0.29) is 61.8 Å². The number of amides is 5. The normalized spacial score (nSPS) is 15.2. The number of imide groups is 2. The maximum atomic E-state index is 14.6. The Kier molecular flexibility index (Phi) is 20.4. The number of halogens is 1. The van der Waals surface area contributed by atoms with Crippen LogP contribution in [0.5, 0.6) is 5.75 Å². The lowest BCUT2D eigenvalue weighted by Gasteiger charge is -2.27. The molecule has 0 spiro atoms. The molecule has 0 radical (unpaired) electrons. The van der Waals surface area contributed by atoms with E-state index in [4.69, 9.17) is 28.8 Å². The van der Waals surface area contributed by atoms with E-state index in [0.29, 0.717) is 105 Å². The van der Waals surface area contributed by atoms with E-state index in [0.717, 1.165) is 10.5 Å². The smallest absolute Gasteiger partial charge is 0.305 e. The molecule has 5 amide bonds. The van der Waals surface area contributed by atoms with Gasteiger partial charge in [0.15, 0.2) is 0 Å². The number of fused-ring (bicyclic) bond motifs is 1. The fourth-order valence-electron chi connectivity index (χ4n) is 9.22. The summed E-state index contributed by atoms with van der Waals surface area (Å²) in [5.41, 5.74) is 5.08. The highest BCUT2D eigenvalue weighted by molar-refractivity contribution is 6.25. The first-order valence-electron chi connectivity index (χ1n) is 25.3. The molecule has 0 aliphatic carbocycles. The number of aromatic nitrogens is 1. The van der Waals surface area contributed by atoms with Crippen molar-refractivity contribution < 1.29 is 72.2 Å². The summed E-state index contributed by atoms with van der Waals surface area (Å²) < 4.78 is 44.6. The third kappa shape index (κ3) is 14.7. The number of carbonyl (C=O) groups is 6. The molecule has 0 saturated carbocycles. The van der Waals surface area contributed by atoms with Gasteiger partial charge in [-0.1, -0.05) is 50.2 Å². The first-order chi connectivity index (χ1) is 36.7. The number of benzene rings is 4. The summed E-state index contributed by atoms with van der Waals surface area (Å²) in [5, 5.41) is 38.7. The minimum Gasteiger partial charge on any atom is -0.491 e. The molecular formula is C56H64FN5O14. The predicted octanol–water partition coefficient (Wildman–Crippen LogP) is 6.27. The van der Waals surface area contributed by atoms with Gasteiger partial charge in [0.1, 0.15) is 24.2 Å². The molecule has 0 bridgehead atoms. The van der Waals surface area contributed by atoms with Gasteiger partial charge in [-0.25, -0.2) is 4.39 Å². The Hall–Kier alpha value is -7.33. The number of hydrogen-bond acceptors (Lipinski definition) is 14. The van der Waals surface area contributed by atoms with E-state index in [1.165, 1.54) is 18.2 Å². The molecule has 7 rings (SSSR count). The van der Waals surface area contributed by atoms with Crippen LogP contribution >= 0.6 is 0 Å². The van der Waals surface area contributed by atoms with Crippen LogP contribution in [0, 0.1) is 5.82 Å². The van der Waals surface area contributed by atoms with Crippen molar-refractivity contribution in [2.45, 2.75) is 76.7 Å². The summed E-state index contributed by atoms with van der Waals surface area (Å²) in [4.78, 5) is 77.0. The van der Waals surface area contributed by atoms with Crippen LogP contribution in [0.4, 0.5) is 15.8 Å². The summed E-state index contributed by atoms with van der Waals surface area (Å²) in [6, 6.07) is 26.1. The number of aliphatic carboxylic acids is 1. The molecule has 1 saturated heterocycles. The number of carboxylic acids is 1. The van der Waals surface area contributed by atoms with Gasteiger partial charge in [-0.15, -0.1) is 0 Å². The third-order valence-electron chi connectivity index (χ3n) is 12.7. The van der Waals surface area contributed by atoms with Crippen molar-refractivity contribution in [3.8, 4) is 28.1 Å². The maximum absolute atomic E-state index is 14.6. The maximum Gasteiger partial charge on any atom is 0.305 e. The first-order valence-corrected chi connectivity index (χ1v) is 25.3. The number of aliphatic hydroxyl groups excluding tert-OH is 2. The number of rotatable bonds is 30. The number of carbonyl (C=O) groups excluding carboxylic acids is 5. The van der Waals surface area contributed by atoms with Crippen molar-refractivity contribution in [3.63, 3.8) is 0 Å². The van der Waals surface area contributed by atoms with Gasteiger partial charge in [0, 0.05) is 42.1 Å². The zero-order valence-electron chi connectivity index (χ0n) is 42.5. The molecule has 5 aromatic rings. The lowest BCUT2D eigenvalue weighted by atomic mass is 9.94. The quantitative estimate of drug-likeness (QED) is 0.0219. The van der Waals surface area contributed by atoms with E-state index in [1.54, 1.807) is 48.5 Å². The van der Waals surface area contributed by atoms with Gasteiger partial charge in [0.25, 0.3) is 17.7 Å². The molecule has 19 nitrogen and oxygen atoms in total. The van der Waals surface area contributed by atoms with E-state index in [1.807, 2.05) is 48.7 Å². The molecule has 20 heteroatoms. The SMILES string of the molecule is CC(C)c1c(C(=O)Nc2ccc(OCCOCCOCCOCCOCCNc3cccc4c3C(=O)N(C3CCC(=O)NC3=O)C4=O)cc2)c(-c2ccccc2)c(-c2ccc(F)cc2)n1CCC(O)CC(O)CC(=O)O. The highest BCUT2D eigenvalue weighted by Crippen LogP contribution is 2.43. The van der Waals surface area contributed by atoms with Crippen LogP contribution in [0.3, 0.4) is 0 Å². The number of hydrogen-bond donors (Lipinski definition) is 6. The zero-order chi connectivity index (χ0) is 54.1. The first kappa shape index (κ1) is 56.4. The second kappa shape index (κ2) is 27.5. The standard InChI is InChI=1S/C56H64FN5O14/c1-35(2)51-50(48(36-7-4-3-5-8-36)52(37-11-13-38(57)14-12-37)61(51)23-21-40(63)33-41(64)34-47(66)67)54(69)59-39-15-17-42(18-16-39)76-32-31-75-30-29-74-28-27-73-26-25-72-24-22-58-44-10-6-9-43-49(44)56(71)62(55(43)70)45-19-20-46(65)60-53(45)68/h3-18,35,40-41,45,58,63-64H,19-34H2,1-2H3,(H,59,69)(H,66,67)(H,60,65,68). The van der Waals surface area contributed by atoms with Crippen LogP contribution in [0.15, 0.2) is 97.1 Å². The third-order valence-corrected chi connectivity index (χ3v) is 12.7. The lowest BCUT2D eigenvalue weighted by molar-refractivity contribution is -0.140. The van der Waals surface area contributed by atoms with Crippen LogP contribution in [0.1, 0.15) is 88.6 Å². The Labute approximate surface area is 439 Å². The Morgan fingerprint density at radius 1 is 0.737 bits per heavy atom. The largest absolute Gasteiger partial charge is 0.491 e. The second-order valence-electron chi connectivity index (χ2n) is 18.5. The van der Waals surface area contributed by atoms with E-state index < -0.39 is 60.1 Å². The number of ether oxygens (including phenoxy) is 5. The van der Waals surface area contributed by atoms with Gasteiger partial charge in [-0.05, 0) is 97.0 Å². The van der Waals surface area contributed by atoms with Crippen LogP contribution in [-0.4, -0.2) is 145 Å². The van der Waals surface area contributed by atoms with Gasteiger partial charge in [-0.2, -0.15) is 0 Å². The Morgan fingerprint density at radius 3 is 2.01 bits per heavy atom. The van der Waals surface area contributed by atoms with Crippen molar-refractivity contribution in [3.05, 3.63) is 125 Å². The molecule has 2 aliphatic rings. The summed E-state index contributed by atoms with van der Waals surface area (Å²) in [5.74, 6) is -3.88. The topological polar surface area (TPSA) is 254 Å². The molecule has 6 N–H and O–H groups in total. The zero-order valence-corrected chi connectivity index (χ0v) is 42.5. The molecule has 1 aromatic heterocycles. The fourth-order valence-corrected chi connectivity index (χ4v) is 9.22. The van der Waals surface area contributed by atoms with Gasteiger partial charge < -0.3 is 54.2 Å². The van der Waals surface area contributed by atoms with Gasteiger partial charge in [-0.3, -0.25) is 39.0 Å². The van der Waals surface area contributed by atoms with Crippen molar-refractivity contribution >= 4 is 46.9 Å². The lowest BCUT2D eigenvalue weighted by Crippen LogP contribution is -2.54. The monoisotopic (exact) mass is 1050 g/mol. The Bertz CT molecular complexity index is 2810. The second-order valence-corrected chi connectivity index (χ2v) is 18.5. The summed E-state index contributed by atoms with van der Waals surface area (Å²) >= 11 is 0. The van der Waals surface area contributed by atoms with Gasteiger partial charge in [0.05, 0.1) is 93.9 Å². The minimum absolute atomic E-state index is 0.0426. The number of carboxylic acid groups (broad SMARTS) is 1. The molecular weight excluding hydrogens is 986 g/mol. The molecule has 404 valence electrons. The Balaban J connectivity index is 0.812. The van der Waals surface area contributed by atoms with Crippen LogP contribution in [0.2, 0.25) is 0 Å². The van der Waals surface area contributed by atoms with Crippen molar-refractivity contribution in [2.24, 2.45) is 0 Å². The van der Waals surface area contributed by atoms with E-state index >= 15 is 0 Å². The van der Waals surface area contributed by atoms with Crippen molar-refractivity contribution in [2.75, 3.05) is 76.6 Å². The fraction of sp³-hybridized carbons (Fsp3) is 0.393. The predicted molar refractivity (Wildman–Crippen MR) is 278 cm³/mol. The highest BCUT2D eigenvalue weighted by atomic mass is 19.1. The van der Waals surface area contributed by atoms with Crippen molar-refractivity contribution in [1.29, 1.82) is 0 Å². The van der Waals surface area contributed by atoms with Crippen LogP contribution < -0.4 is 20.7 Å². The molecule has 4 aromatic carbocycles. The van der Waals surface area contributed by atoms with E-state index in [9.17, 15) is 43.4 Å². The van der Waals surface area contributed by atoms with Gasteiger partial charge >= 0.3 is 5.97 Å². The number of nitrogens with one attached hydrogen (secondary N) is 3. The van der Waals surface area contributed by atoms with E-state index in [2.05, 4.69) is 16.0 Å². The summed E-state index contributed by atoms with van der Waals surface area (Å²) in [6.45, 7) is 7.40.